The van der Waals surface area contributed by atoms with Crippen molar-refractivity contribution < 1.29 is 4.79 Å². The minimum Gasteiger partial charge on any atom is -0.298 e. The third-order valence-electron chi connectivity index (χ3n) is 2.90. The number of hydrogen-bond acceptors (Lipinski definition) is 1. The zero-order valence-corrected chi connectivity index (χ0v) is 10.4. The van der Waals surface area contributed by atoms with Gasteiger partial charge in [0.1, 0.15) is 6.29 Å². The zero-order chi connectivity index (χ0) is 12.0. The fourth-order valence-electron chi connectivity index (χ4n) is 1.67. The highest BCUT2D eigenvalue weighted by Gasteiger charge is 2.03. The van der Waals surface area contributed by atoms with Gasteiger partial charge in [0.25, 0.3) is 0 Å². The van der Waals surface area contributed by atoms with Gasteiger partial charge in [0.2, 0.25) is 0 Å². The van der Waals surface area contributed by atoms with Gasteiger partial charge in [-0.3, -0.25) is 4.79 Å². The number of carbonyl (C=O) groups excluding carboxylic acids is 1. The van der Waals surface area contributed by atoms with Crippen LogP contribution in [0, 0.1) is 6.92 Å². The summed E-state index contributed by atoms with van der Waals surface area (Å²) in [7, 11) is 0. The van der Waals surface area contributed by atoms with E-state index in [1.54, 1.807) is 0 Å². The fraction of sp³-hybridized carbons (Fsp3) is 0.400. The summed E-state index contributed by atoms with van der Waals surface area (Å²) in [5.74, 6) is 0.552. The largest absolute Gasteiger partial charge is 0.298 e. The Morgan fingerprint density at radius 2 is 1.94 bits per heavy atom. The monoisotopic (exact) mass is 216 g/mol. The highest BCUT2D eigenvalue weighted by molar-refractivity contribution is 5.71. The van der Waals surface area contributed by atoms with Crippen molar-refractivity contribution in [3.05, 3.63) is 47.0 Å². The van der Waals surface area contributed by atoms with Crippen LogP contribution in [0.25, 0.3) is 0 Å². The Hall–Kier alpha value is -1.37. The first-order valence-electron chi connectivity index (χ1n) is 5.82. The molecule has 86 valence electrons. The Balaban J connectivity index is 2.49. The molecule has 0 unspecified atom stereocenters. The Morgan fingerprint density at radius 3 is 2.50 bits per heavy atom. The van der Waals surface area contributed by atoms with Crippen LogP contribution in [0.15, 0.2) is 35.9 Å². The molecule has 1 aromatic rings. The van der Waals surface area contributed by atoms with E-state index < -0.39 is 0 Å². The second kappa shape index (κ2) is 6.26. The summed E-state index contributed by atoms with van der Waals surface area (Å²) >= 11 is 0. The topological polar surface area (TPSA) is 17.1 Å². The summed E-state index contributed by atoms with van der Waals surface area (Å²) in [6.07, 6.45) is 4.99. The number of carbonyl (C=O) groups is 1. The second-order valence-electron chi connectivity index (χ2n) is 4.46. The average Bonchev–Trinajstić information content (AvgIpc) is 2.29. The van der Waals surface area contributed by atoms with Gasteiger partial charge in [-0.15, -0.1) is 0 Å². The lowest BCUT2D eigenvalue weighted by Gasteiger charge is -2.10. The highest BCUT2D eigenvalue weighted by atomic mass is 16.1. The maximum absolute atomic E-state index is 10.4. The lowest BCUT2D eigenvalue weighted by molar-refractivity contribution is -0.104. The van der Waals surface area contributed by atoms with Crippen molar-refractivity contribution in [1.29, 1.82) is 0 Å². The lowest BCUT2D eigenvalue weighted by Crippen LogP contribution is -1.93. The van der Waals surface area contributed by atoms with Gasteiger partial charge in [-0.05, 0) is 43.7 Å². The molecule has 0 fully saturated rings. The van der Waals surface area contributed by atoms with Gasteiger partial charge in [0, 0.05) is 0 Å². The predicted molar refractivity (Wildman–Crippen MR) is 68.6 cm³/mol. The summed E-state index contributed by atoms with van der Waals surface area (Å²) in [5.41, 5.74) is 3.51. The minimum atomic E-state index is 0.552. The molecule has 0 amide bonds. The maximum atomic E-state index is 10.4. The third kappa shape index (κ3) is 4.01. The molecule has 0 radical (unpaired) electrons. The lowest BCUT2D eigenvalue weighted by atomic mass is 9.95. The van der Waals surface area contributed by atoms with Gasteiger partial charge < -0.3 is 0 Å². The Morgan fingerprint density at radius 1 is 1.31 bits per heavy atom. The number of hydrogen-bond donors (Lipinski definition) is 0. The van der Waals surface area contributed by atoms with Gasteiger partial charge in [0.05, 0.1) is 0 Å². The highest BCUT2D eigenvalue weighted by Crippen LogP contribution is 2.21. The van der Waals surface area contributed by atoms with Gasteiger partial charge in [-0.1, -0.05) is 42.8 Å². The van der Waals surface area contributed by atoms with Gasteiger partial charge >= 0.3 is 0 Å². The number of aryl methyl sites for hydroxylation is 1. The van der Waals surface area contributed by atoms with Gasteiger partial charge in [-0.25, -0.2) is 0 Å². The van der Waals surface area contributed by atoms with E-state index in [0.29, 0.717) is 5.92 Å². The van der Waals surface area contributed by atoms with Crippen molar-refractivity contribution in [1.82, 2.24) is 0 Å². The van der Waals surface area contributed by atoms with Crippen LogP contribution in [0.2, 0.25) is 0 Å². The van der Waals surface area contributed by atoms with Crippen LogP contribution >= 0.6 is 0 Å². The summed E-state index contributed by atoms with van der Waals surface area (Å²) in [4.78, 5) is 10.4. The van der Waals surface area contributed by atoms with Crippen molar-refractivity contribution in [2.24, 2.45) is 0 Å². The standard InChI is InChI=1S/C15H20O/c1-12-7-9-15(10-8-12)14(3)6-4-5-13(2)11-16/h5,7-11,14H,4,6H2,1-3H3/t14-/m1/s1. The summed E-state index contributed by atoms with van der Waals surface area (Å²) in [5, 5.41) is 0. The maximum Gasteiger partial charge on any atom is 0.145 e. The molecule has 0 spiro atoms. The van der Waals surface area contributed by atoms with Crippen LogP contribution in [0.5, 0.6) is 0 Å². The van der Waals surface area contributed by atoms with Gasteiger partial charge in [0.15, 0.2) is 0 Å². The van der Waals surface area contributed by atoms with Crippen LogP contribution in [-0.2, 0) is 4.79 Å². The van der Waals surface area contributed by atoms with E-state index in [1.165, 1.54) is 11.1 Å². The van der Waals surface area contributed by atoms with E-state index in [0.717, 1.165) is 24.7 Å². The molecule has 0 aliphatic carbocycles. The van der Waals surface area contributed by atoms with Crippen molar-refractivity contribution in [2.75, 3.05) is 0 Å². The Labute approximate surface area is 98.2 Å². The van der Waals surface area contributed by atoms with Crippen LogP contribution in [-0.4, -0.2) is 6.29 Å². The molecule has 0 saturated carbocycles. The summed E-state index contributed by atoms with van der Waals surface area (Å²) < 4.78 is 0. The molecular formula is C15H20O. The normalized spacial score (nSPS) is 13.6. The Kier molecular flexibility index (Phi) is 4.97. The van der Waals surface area contributed by atoms with E-state index in [9.17, 15) is 4.79 Å². The Bertz CT molecular complexity index is 360. The minimum absolute atomic E-state index is 0.552. The van der Waals surface area contributed by atoms with Crippen molar-refractivity contribution in [2.45, 2.75) is 39.5 Å². The first-order chi connectivity index (χ1) is 7.63. The van der Waals surface area contributed by atoms with Crippen molar-refractivity contribution >= 4 is 6.29 Å². The number of benzene rings is 1. The summed E-state index contributed by atoms with van der Waals surface area (Å²) in [6.45, 7) is 6.18. The van der Waals surface area contributed by atoms with Crippen LogP contribution < -0.4 is 0 Å². The molecule has 1 rings (SSSR count). The van der Waals surface area contributed by atoms with Crippen LogP contribution in [0.1, 0.15) is 43.7 Å². The number of rotatable bonds is 5. The molecule has 0 aliphatic rings. The molecule has 1 nitrogen and oxygen atoms in total. The van der Waals surface area contributed by atoms with E-state index in [2.05, 4.69) is 38.1 Å². The molecule has 1 aromatic carbocycles. The molecule has 16 heavy (non-hydrogen) atoms. The van der Waals surface area contributed by atoms with Crippen molar-refractivity contribution in [3.8, 4) is 0 Å². The molecular weight excluding hydrogens is 196 g/mol. The molecule has 0 N–H and O–H groups in total. The SMILES string of the molecule is CC(C=O)=CCC[C@@H](C)c1ccc(C)cc1. The van der Waals surface area contributed by atoms with Gasteiger partial charge in [-0.2, -0.15) is 0 Å². The molecule has 0 heterocycles. The number of aldehydes is 1. The predicted octanol–water partition coefficient (Wildman–Crippen LogP) is 4.02. The molecule has 1 atom stereocenters. The molecule has 0 aliphatic heterocycles. The first-order valence-corrected chi connectivity index (χ1v) is 5.82. The van der Waals surface area contributed by atoms with Crippen molar-refractivity contribution in [3.63, 3.8) is 0 Å². The van der Waals surface area contributed by atoms with E-state index in [-0.39, 0.29) is 0 Å². The smallest absolute Gasteiger partial charge is 0.145 e. The molecule has 0 saturated heterocycles. The molecule has 1 heteroatoms. The third-order valence-corrected chi connectivity index (χ3v) is 2.90. The first kappa shape index (κ1) is 12.7. The summed E-state index contributed by atoms with van der Waals surface area (Å²) in [6, 6.07) is 8.68. The zero-order valence-electron chi connectivity index (χ0n) is 10.4. The van der Waals surface area contributed by atoms with Crippen LogP contribution in [0.3, 0.4) is 0 Å². The fourth-order valence-corrected chi connectivity index (χ4v) is 1.67. The number of allylic oxidation sites excluding steroid dienone is 2. The van der Waals surface area contributed by atoms with Crippen LogP contribution in [0.4, 0.5) is 0 Å². The molecule has 0 bridgehead atoms. The van der Waals surface area contributed by atoms with E-state index in [1.807, 2.05) is 13.0 Å². The van der Waals surface area contributed by atoms with E-state index in [4.69, 9.17) is 0 Å². The van der Waals surface area contributed by atoms with E-state index >= 15 is 0 Å². The second-order valence-corrected chi connectivity index (χ2v) is 4.46. The average molecular weight is 216 g/mol. The quantitative estimate of drug-likeness (QED) is 0.536. The molecule has 0 aromatic heterocycles.